The van der Waals surface area contributed by atoms with Gasteiger partial charge < -0.3 is 9.26 Å². The van der Waals surface area contributed by atoms with Crippen LogP contribution in [-0.4, -0.2) is 17.7 Å². The molecule has 22 heavy (non-hydrogen) atoms. The molecule has 0 atom stereocenters. The topological polar surface area (TPSA) is 52.3 Å². The number of carbonyl (C=O) groups excluding carboxylic acids is 1. The first kappa shape index (κ1) is 14.1. The maximum absolute atomic E-state index is 12.1. The van der Waals surface area contributed by atoms with Crippen LogP contribution in [0, 0.1) is 0 Å². The molecule has 0 spiro atoms. The summed E-state index contributed by atoms with van der Waals surface area (Å²) in [6, 6.07) is 19.2. The summed E-state index contributed by atoms with van der Waals surface area (Å²) < 4.78 is 10.4. The average Bonchev–Trinajstić information content (AvgIpc) is 3.02. The summed E-state index contributed by atoms with van der Waals surface area (Å²) in [5.74, 6) is -0.372. The van der Waals surface area contributed by atoms with Crippen molar-refractivity contribution in [3.8, 4) is 22.4 Å². The molecule has 0 bridgehead atoms. The first-order valence-electron chi connectivity index (χ1n) is 7.09. The van der Waals surface area contributed by atoms with Gasteiger partial charge in [0.1, 0.15) is 5.69 Å². The highest BCUT2D eigenvalue weighted by Crippen LogP contribution is 2.34. The lowest BCUT2D eigenvalue weighted by atomic mass is 9.99. The van der Waals surface area contributed by atoms with E-state index in [4.69, 9.17) is 9.26 Å². The number of ether oxygens (including phenoxy) is 1. The molecule has 0 aliphatic heterocycles. The van der Waals surface area contributed by atoms with Crippen LogP contribution in [0.1, 0.15) is 17.5 Å². The van der Waals surface area contributed by atoms with E-state index in [0.717, 1.165) is 11.1 Å². The van der Waals surface area contributed by atoms with Gasteiger partial charge in [-0.2, -0.15) is 0 Å². The molecule has 110 valence electrons. The van der Waals surface area contributed by atoms with Gasteiger partial charge in [-0.25, -0.2) is 4.79 Å². The van der Waals surface area contributed by atoms with Crippen molar-refractivity contribution in [2.24, 2.45) is 0 Å². The van der Waals surface area contributed by atoms with Crippen molar-refractivity contribution in [3.05, 3.63) is 66.4 Å². The number of carbonyl (C=O) groups is 1. The Morgan fingerprint density at radius 1 is 1.00 bits per heavy atom. The molecule has 1 heterocycles. The van der Waals surface area contributed by atoms with Crippen molar-refractivity contribution in [2.45, 2.75) is 6.92 Å². The van der Waals surface area contributed by atoms with Crippen LogP contribution in [0.2, 0.25) is 0 Å². The minimum absolute atomic E-state index is 0.131. The highest BCUT2D eigenvalue weighted by molar-refractivity contribution is 5.98. The summed E-state index contributed by atoms with van der Waals surface area (Å²) in [4.78, 5) is 12.1. The molecule has 2 aromatic carbocycles. The second-order valence-corrected chi connectivity index (χ2v) is 4.69. The molecule has 0 saturated heterocycles. The zero-order chi connectivity index (χ0) is 15.4. The Morgan fingerprint density at radius 3 is 2.18 bits per heavy atom. The predicted octanol–water partition coefficient (Wildman–Crippen LogP) is 4.19. The minimum Gasteiger partial charge on any atom is -0.460 e. The Labute approximate surface area is 128 Å². The Balaban J connectivity index is 2.18. The zero-order valence-corrected chi connectivity index (χ0v) is 12.2. The zero-order valence-electron chi connectivity index (χ0n) is 12.2. The van der Waals surface area contributed by atoms with Crippen molar-refractivity contribution in [1.29, 1.82) is 0 Å². The number of rotatable bonds is 4. The minimum atomic E-state index is -0.504. The summed E-state index contributed by atoms with van der Waals surface area (Å²) in [6.45, 7) is 2.04. The predicted molar refractivity (Wildman–Crippen MR) is 83.3 cm³/mol. The molecule has 4 heteroatoms. The highest BCUT2D eigenvalue weighted by atomic mass is 16.6. The van der Waals surface area contributed by atoms with E-state index in [1.54, 1.807) is 6.92 Å². The maximum atomic E-state index is 12.1. The standard InChI is InChI=1S/C18H15NO3/c1-2-21-18(20)17-15(13-9-5-3-6-10-13)16(19-22-17)14-11-7-4-8-12-14/h3-12H,2H2,1H3. The van der Waals surface area contributed by atoms with E-state index in [2.05, 4.69) is 5.16 Å². The first-order valence-corrected chi connectivity index (χ1v) is 7.09. The van der Waals surface area contributed by atoms with Crippen LogP contribution < -0.4 is 0 Å². The third-order valence-corrected chi connectivity index (χ3v) is 3.26. The molecule has 0 fully saturated rings. The molecule has 3 aromatic rings. The highest BCUT2D eigenvalue weighted by Gasteiger charge is 2.25. The van der Waals surface area contributed by atoms with Crippen molar-refractivity contribution in [2.75, 3.05) is 6.61 Å². The number of aromatic nitrogens is 1. The normalized spacial score (nSPS) is 10.4. The number of benzene rings is 2. The molecule has 0 unspecified atom stereocenters. The molecule has 0 aliphatic carbocycles. The van der Waals surface area contributed by atoms with Gasteiger partial charge >= 0.3 is 5.97 Å². The van der Waals surface area contributed by atoms with Crippen molar-refractivity contribution in [1.82, 2.24) is 5.16 Å². The van der Waals surface area contributed by atoms with E-state index in [1.807, 2.05) is 60.7 Å². The molecule has 0 amide bonds. The molecular formula is C18H15NO3. The van der Waals surface area contributed by atoms with Gasteiger partial charge in [-0.15, -0.1) is 0 Å². The second kappa shape index (κ2) is 6.26. The van der Waals surface area contributed by atoms with E-state index in [9.17, 15) is 4.79 Å². The van der Waals surface area contributed by atoms with Crippen LogP contribution in [0.5, 0.6) is 0 Å². The average molecular weight is 293 g/mol. The molecule has 4 nitrogen and oxygen atoms in total. The van der Waals surface area contributed by atoms with E-state index in [-0.39, 0.29) is 12.4 Å². The maximum Gasteiger partial charge on any atom is 0.377 e. The van der Waals surface area contributed by atoms with Crippen molar-refractivity contribution in [3.63, 3.8) is 0 Å². The quantitative estimate of drug-likeness (QED) is 0.677. The monoisotopic (exact) mass is 293 g/mol. The lowest BCUT2D eigenvalue weighted by Gasteiger charge is -2.04. The fourth-order valence-corrected chi connectivity index (χ4v) is 2.29. The SMILES string of the molecule is CCOC(=O)c1onc(-c2ccccc2)c1-c1ccccc1. The van der Waals surface area contributed by atoms with Crippen LogP contribution in [-0.2, 0) is 4.74 Å². The Hall–Kier alpha value is -2.88. The molecule has 0 radical (unpaired) electrons. The number of nitrogens with zero attached hydrogens (tertiary/aromatic N) is 1. The third-order valence-electron chi connectivity index (χ3n) is 3.26. The summed E-state index contributed by atoms with van der Waals surface area (Å²) in [5, 5.41) is 4.09. The van der Waals surface area contributed by atoms with Gasteiger partial charge in [-0.05, 0) is 12.5 Å². The number of hydrogen-bond acceptors (Lipinski definition) is 4. The molecular weight excluding hydrogens is 278 g/mol. The molecule has 1 aromatic heterocycles. The van der Waals surface area contributed by atoms with E-state index < -0.39 is 5.97 Å². The van der Waals surface area contributed by atoms with Gasteiger partial charge in [0, 0.05) is 5.56 Å². The first-order chi connectivity index (χ1) is 10.8. The van der Waals surface area contributed by atoms with Gasteiger partial charge in [-0.1, -0.05) is 65.8 Å². The smallest absolute Gasteiger partial charge is 0.377 e. The molecule has 0 saturated carbocycles. The lowest BCUT2D eigenvalue weighted by molar-refractivity contribution is 0.0481. The summed E-state index contributed by atoms with van der Waals surface area (Å²) in [6.07, 6.45) is 0. The van der Waals surface area contributed by atoms with E-state index in [0.29, 0.717) is 11.3 Å². The van der Waals surface area contributed by atoms with Crippen LogP contribution >= 0.6 is 0 Å². The second-order valence-electron chi connectivity index (χ2n) is 4.69. The number of esters is 1. The van der Waals surface area contributed by atoms with E-state index in [1.165, 1.54) is 0 Å². The Bertz CT molecular complexity index is 764. The van der Waals surface area contributed by atoms with Gasteiger partial charge in [-0.3, -0.25) is 0 Å². The van der Waals surface area contributed by atoms with Crippen molar-refractivity contribution >= 4 is 5.97 Å². The van der Waals surface area contributed by atoms with Gasteiger partial charge in [0.05, 0.1) is 12.2 Å². The van der Waals surface area contributed by atoms with Crippen molar-refractivity contribution < 1.29 is 14.1 Å². The van der Waals surface area contributed by atoms with Gasteiger partial charge in [0.25, 0.3) is 5.76 Å². The van der Waals surface area contributed by atoms with Crippen LogP contribution in [0.25, 0.3) is 22.4 Å². The Morgan fingerprint density at radius 2 is 1.59 bits per heavy atom. The van der Waals surface area contributed by atoms with Crippen LogP contribution in [0.3, 0.4) is 0 Å². The largest absolute Gasteiger partial charge is 0.460 e. The summed E-state index contributed by atoms with van der Waals surface area (Å²) in [5.41, 5.74) is 3.05. The summed E-state index contributed by atoms with van der Waals surface area (Å²) >= 11 is 0. The fraction of sp³-hybridized carbons (Fsp3) is 0.111. The van der Waals surface area contributed by atoms with Gasteiger partial charge in [0.2, 0.25) is 0 Å². The fourth-order valence-electron chi connectivity index (χ4n) is 2.29. The van der Waals surface area contributed by atoms with E-state index >= 15 is 0 Å². The van der Waals surface area contributed by atoms with Crippen LogP contribution in [0.4, 0.5) is 0 Å². The summed E-state index contributed by atoms with van der Waals surface area (Å²) in [7, 11) is 0. The molecule has 3 rings (SSSR count). The van der Waals surface area contributed by atoms with Crippen LogP contribution in [0.15, 0.2) is 65.2 Å². The third kappa shape index (κ3) is 2.63. The van der Waals surface area contributed by atoms with Gasteiger partial charge in [0.15, 0.2) is 0 Å². The molecule has 0 N–H and O–H groups in total. The Kier molecular flexibility index (Phi) is 4.01. The molecule has 0 aliphatic rings. The number of hydrogen-bond donors (Lipinski definition) is 0. The lowest BCUT2D eigenvalue weighted by Crippen LogP contribution is -2.04.